The molecule has 1 saturated carbocycles. The van der Waals surface area contributed by atoms with Gasteiger partial charge in [-0.15, -0.1) is 0 Å². The molecule has 3 unspecified atom stereocenters. The van der Waals surface area contributed by atoms with Crippen LogP contribution >= 0.6 is 0 Å². The van der Waals surface area contributed by atoms with Crippen molar-refractivity contribution in [2.75, 3.05) is 7.11 Å². The Morgan fingerprint density at radius 3 is 3.00 bits per heavy atom. The van der Waals surface area contributed by atoms with Gasteiger partial charge in [-0.1, -0.05) is 19.8 Å². The quantitative estimate of drug-likeness (QED) is 0.892. The number of nitrogens with two attached hydrogens (primary N) is 1. The summed E-state index contributed by atoms with van der Waals surface area (Å²) < 4.78 is 11.7. The highest BCUT2D eigenvalue weighted by Crippen LogP contribution is 2.47. The summed E-state index contributed by atoms with van der Waals surface area (Å²) in [5.41, 5.74) is 7.49. The van der Waals surface area contributed by atoms with E-state index in [1.807, 2.05) is 18.2 Å². The van der Waals surface area contributed by atoms with Gasteiger partial charge in [-0.3, -0.25) is 0 Å². The number of hydrogen-bond donors (Lipinski definition) is 1. The number of methoxy groups -OCH3 is 1. The summed E-state index contributed by atoms with van der Waals surface area (Å²) in [5, 5.41) is 0. The van der Waals surface area contributed by atoms with E-state index in [-0.39, 0.29) is 11.6 Å². The highest BCUT2D eigenvalue weighted by atomic mass is 16.5. The maximum absolute atomic E-state index is 6.43. The molecule has 2 N–H and O–H groups in total. The molecule has 3 atom stereocenters. The van der Waals surface area contributed by atoms with Gasteiger partial charge in [0, 0.05) is 18.0 Å². The fraction of sp³-hybridized carbons (Fsp3) is 0.647. The molecule has 1 aliphatic carbocycles. The van der Waals surface area contributed by atoms with Crippen molar-refractivity contribution in [3.63, 3.8) is 0 Å². The summed E-state index contributed by atoms with van der Waals surface area (Å²) in [6, 6.07) is 6.06. The van der Waals surface area contributed by atoms with Crippen molar-refractivity contribution in [2.24, 2.45) is 11.7 Å². The molecule has 1 spiro atoms. The molecule has 0 aromatic heterocycles. The number of rotatable bonds is 2. The van der Waals surface area contributed by atoms with Crippen LogP contribution in [0.3, 0.4) is 0 Å². The third-order valence-corrected chi connectivity index (χ3v) is 5.02. The van der Waals surface area contributed by atoms with Gasteiger partial charge in [0.15, 0.2) is 0 Å². The minimum absolute atomic E-state index is 0.0278. The van der Waals surface area contributed by atoms with Crippen molar-refractivity contribution >= 4 is 0 Å². The van der Waals surface area contributed by atoms with Gasteiger partial charge >= 0.3 is 0 Å². The van der Waals surface area contributed by atoms with E-state index in [2.05, 4.69) is 6.92 Å². The van der Waals surface area contributed by atoms with Gasteiger partial charge in [0.25, 0.3) is 0 Å². The SMILES string of the molecule is CCC1CCCC2(C1)CC(N)c1cc(OC)ccc1O2. The Bertz CT molecular complexity index is 488. The van der Waals surface area contributed by atoms with E-state index in [1.165, 1.54) is 19.3 Å². The minimum atomic E-state index is -0.0278. The number of hydrogen-bond acceptors (Lipinski definition) is 3. The number of benzene rings is 1. The zero-order valence-corrected chi connectivity index (χ0v) is 12.5. The molecule has 20 heavy (non-hydrogen) atoms. The summed E-state index contributed by atoms with van der Waals surface area (Å²) >= 11 is 0. The van der Waals surface area contributed by atoms with E-state index < -0.39 is 0 Å². The predicted octanol–water partition coefficient (Wildman–Crippen LogP) is 3.82. The molecule has 0 bridgehead atoms. The molecular weight excluding hydrogens is 250 g/mol. The Morgan fingerprint density at radius 2 is 2.25 bits per heavy atom. The van der Waals surface area contributed by atoms with E-state index in [0.717, 1.165) is 42.2 Å². The van der Waals surface area contributed by atoms with Crippen molar-refractivity contribution < 1.29 is 9.47 Å². The Hall–Kier alpha value is -1.22. The van der Waals surface area contributed by atoms with Gasteiger partial charge in [0.1, 0.15) is 17.1 Å². The molecule has 1 aliphatic heterocycles. The van der Waals surface area contributed by atoms with E-state index in [0.29, 0.717) is 0 Å². The summed E-state index contributed by atoms with van der Waals surface area (Å²) in [4.78, 5) is 0. The zero-order chi connectivity index (χ0) is 14.2. The van der Waals surface area contributed by atoms with E-state index >= 15 is 0 Å². The lowest BCUT2D eigenvalue weighted by Crippen LogP contribution is -2.46. The van der Waals surface area contributed by atoms with Gasteiger partial charge in [-0.2, -0.15) is 0 Å². The topological polar surface area (TPSA) is 44.5 Å². The van der Waals surface area contributed by atoms with Crippen LogP contribution in [-0.2, 0) is 0 Å². The molecule has 0 amide bonds. The van der Waals surface area contributed by atoms with Crippen molar-refractivity contribution in [3.05, 3.63) is 23.8 Å². The maximum atomic E-state index is 6.43. The van der Waals surface area contributed by atoms with Crippen LogP contribution in [0.5, 0.6) is 11.5 Å². The second-order valence-electron chi connectivity index (χ2n) is 6.37. The lowest BCUT2D eigenvalue weighted by Gasteiger charge is -2.46. The van der Waals surface area contributed by atoms with Gasteiger partial charge in [0.05, 0.1) is 7.11 Å². The fourth-order valence-electron chi connectivity index (χ4n) is 3.89. The third-order valence-electron chi connectivity index (χ3n) is 5.02. The molecule has 1 aromatic rings. The van der Waals surface area contributed by atoms with Crippen molar-refractivity contribution in [1.82, 2.24) is 0 Å². The van der Waals surface area contributed by atoms with E-state index in [1.54, 1.807) is 7.11 Å². The second kappa shape index (κ2) is 5.28. The van der Waals surface area contributed by atoms with Gasteiger partial charge in [-0.25, -0.2) is 0 Å². The molecule has 3 nitrogen and oxygen atoms in total. The minimum Gasteiger partial charge on any atom is -0.497 e. The molecular formula is C17H25NO2. The van der Waals surface area contributed by atoms with Crippen LogP contribution < -0.4 is 15.2 Å². The first-order valence-corrected chi connectivity index (χ1v) is 7.78. The Labute approximate surface area is 121 Å². The summed E-state index contributed by atoms with van der Waals surface area (Å²) in [6.45, 7) is 2.28. The molecule has 0 saturated heterocycles. The lowest BCUT2D eigenvalue weighted by molar-refractivity contribution is -0.0176. The monoisotopic (exact) mass is 275 g/mol. The van der Waals surface area contributed by atoms with Gasteiger partial charge in [-0.05, 0) is 43.4 Å². The molecule has 0 radical (unpaired) electrons. The molecule has 2 aliphatic rings. The molecule has 3 rings (SSSR count). The first-order valence-electron chi connectivity index (χ1n) is 7.78. The third kappa shape index (κ3) is 2.39. The number of ether oxygens (including phenoxy) is 2. The molecule has 1 fully saturated rings. The average Bonchev–Trinajstić information content (AvgIpc) is 2.47. The normalized spacial score (nSPS) is 32.5. The zero-order valence-electron chi connectivity index (χ0n) is 12.5. The van der Waals surface area contributed by atoms with Crippen LogP contribution in [0, 0.1) is 5.92 Å². The maximum Gasteiger partial charge on any atom is 0.125 e. The average molecular weight is 275 g/mol. The van der Waals surface area contributed by atoms with Crippen molar-refractivity contribution in [1.29, 1.82) is 0 Å². The first-order chi connectivity index (χ1) is 9.65. The summed E-state index contributed by atoms with van der Waals surface area (Å²) in [5.74, 6) is 2.60. The smallest absolute Gasteiger partial charge is 0.125 e. The van der Waals surface area contributed by atoms with Crippen LogP contribution in [0.2, 0.25) is 0 Å². The standard InChI is InChI=1S/C17H25NO2/c1-3-12-5-4-8-17(10-12)11-15(18)14-9-13(19-2)6-7-16(14)20-17/h6-7,9,12,15H,3-5,8,10-11,18H2,1-2H3. The van der Waals surface area contributed by atoms with Crippen LogP contribution in [0.1, 0.15) is 57.1 Å². The van der Waals surface area contributed by atoms with Gasteiger partial charge < -0.3 is 15.2 Å². The summed E-state index contributed by atoms with van der Waals surface area (Å²) in [6.07, 6.45) is 7.08. The summed E-state index contributed by atoms with van der Waals surface area (Å²) in [7, 11) is 1.69. The number of fused-ring (bicyclic) bond motifs is 1. The van der Waals surface area contributed by atoms with E-state index in [4.69, 9.17) is 15.2 Å². The van der Waals surface area contributed by atoms with Crippen LogP contribution in [0.4, 0.5) is 0 Å². The van der Waals surface area contributed by atoms with Crippen molar-refractivity contribution in [3.8, 4) is 11.5 Å². The first kappa shape index (κ1) is 13.7. The Balaban J connectivity index is 1.88. The predicted molar refractivity (Wildman–Crippen MR) is 80.1 cm³/mol. The van der Waals surface area contributed by atoms with Gasteiger partial charge in [0.2, 0.25) is 0 Å². The van der Waals surface area contributed by atoms with Crippen LogP contribution in [0.15, 0.2) is 18.2 Å². The van der Waals surface area contributed by atoms with Crippen LogP contribution in [-0.4, -0.2) is 12.7 Å². The molecule has 3 heteroatoms. The largest absolute Gasteiger partial charge is 0.497 e. The molecule has 110 valence electrons. The highest BCUT2D eigenvalue weighted by molar-refractivity contribution is 5.44. The van der Waals surface area contributed by atoms with Crippen LogP contribution in [0.25, 0.3) is 0 Å². The second-order valence-corrected chi connectivity index (χ2v) is 6.37. The highest BCUT2D eigenvalue weighted by Gasteiger charge is 2.43. The molecule has 1 aromatic carbocycles. The Kier molecular flexibility index (Phi) is 3.63. The van der Waals surface area contributed by atoms with E-state index in [9.17, 15) is 0 Å². The van der Waals surface area contributed by atoms with Crippen molar-refractivity contribution in [2.45, 2.75) is 57.1 Å². The fourth-order valence-corrected chi connectivity index (χ4v) is 3.89. The lowest BCUT2D eigenvalue weighted by atomic mass is 9.72. The molecule has 1 heterocycles. The Morgan fingerprint density at radius 1 is 1.40 bits per heavy atom.